The van der Waals surface area contributed by atoms with Crippen LogP contribution < -0.4 is 5.32 Å². The number of carbonyl (C=O) groups excluding carboxylic acids is 1. The van der Waals surface area contributed by atoms with E-state index < -0.39 is 0 Å². The zero-order chi connectivity index (χ0) is 11.4. The van der Waals surface area contributed by atoms with Crippen LogP contribution in [0.1, 0.15) is 26.7 Å². The van der Waals surface area contributed by atoms with Crippen LogP contribution in [0.5, 0.6) is 0 Å². The molecule has 4 heteroatoms. The summed E-state index contributed by atoms with van der Waals surface area (Å²) in [6, 6.07) is 0.620. The molecule has 0 spiro atoms. The number of carbonyl (C=O) groups is 1. The van der Waals surface area contributed by atoms with Crippen molar-refractivity contribution >= 4 is 6.03 Å². The Morgan fingerprint density at radius 3 is 2.73 bits per heavy atom. The smallest absolute Gasteiger partial charge is 0.317 e. The molecule has 0 saturated carbocycles. The Bertz CT molecular complexity index is 218. The van der Waals surface area contributed by atoms with Gasteiger partial charge in [0.15, 0.2) is 0 Å². The van der Waals surface area contributed by atoms with Gasteiger partial charge in [-0.1, -0.05) is 0 Å². The minimum atomic E-state index is 0.0466. The molecular formula is C11H23N3O. The lowest BCUT2D eigenvalue weighted by Gasteiger charge is -2.36. The minimum Gasteiger partial charge on any atom is -0.336 e. The van der Waals surface area contributed by atoms with E-state index in [4.69, 9.17) is 0 Å². The van der Waals surface area contributed by atoms with Gasteiger partial charge in [0.25, 0.3) is 0 Å². The number of rotatable bonds is 2. The fourth-order valence-corrected chi connectivity index (χ4v) is 1.97. The number of nitrogens with one attached hydrogen (secondary N) is 1. The summed E-state index contributed by atoms with van der Waals surface area (Å²) in [4.78, 5) is 15.9. The maximum atomic E-state index is 11.8. The lowest BCUT2D eigenvalue weighted by atomic mass is 10.1. The molecule has 1 heterocycles. The van der Waals surface area contributed by atoms with E-state index in [2.05, 4.69) is 17.3 Å². The third-order valence-corrected chi connectivity index (χ3v) is 2.88. The lowest BCUT2D eigenvalue weighted by Crippen LogP contribution is -2.51. The molecule has 2 amide bonds. The van der Waals surface area contributed by atoms with Gasteiger partial charge < -0.3 is 15.1 Å². The number of hydrogen-bond donors (Lipinski definition) is 1. The number of likely N-dealkylation sites (N-methyl/N-ethyl adjacent to an activating group) is 2. The molecule has 1 rings (SSSR count). The standard InChI is InChI=1S/C11H23N3O/c1-9(2)12-11(15)14(4)10-6-5-7-13(3)8-10/h9-10H,5-8H2,1-4H3,(H,12,15). The number of urea groups is 1. The van der Waals surface area contributed by atoms with E-state index in [1.807, 2.05) is 25.8 Å². The van der Waals surface area contributed by atoms with Crippen molar-refractivity contribution in [1.82, 2.24) is 15.1 Å². The van der Waals surface area contributed by atoms with Crippen LogP contribution in [0.25, 0.3) is 0 Å². The molecule has 0 aliphatic carbocycles. The second-order valence-corrected chi connectivity index (χ2v) is 4.77. The molecular weight excluding hydrogens is 190 g/mol. The molecule has 1 atom stereocenters. The Balaban J connectivity index is 2.44. The highest BCUT2D eigenvalue weighted by atomic mass is 16.2. The van der Waals surface area contributed by atoms with Crippen molar-refractivity contribution in [3.8, 4) is 0 Å². The van der Waals surface area contributed by atoms with Gasteiger partial charge in [-0.3, -0.25) is 0 Å². The number of piperidine rings is 1. The third kappa shape index (κ3) is 3.70. The number of likely N-dealkylation sites (tertiary alicyclic amines) is 1. The van der Waals surface area contributed by atoms with Crippen LogP contribution in [0.15, 0.2) is 0 Å². The summed E-state index contributed by atoms with van der Waals surface area (Å²) >= 11 is 0. The number of hydrogen-bond acceptors (Lipinski definition) is 2. The fraction of sp³-hybridized carbons (Fsp3) is 0.909. The van der Waals surface area contributed by atoms with Crippen molar-refractivity contribution in [1.29, 1.82) is 0 Å². The van der Waals surface area contributed by atoms with E-state index in [0.29, 0.717) is 6.04 Å². The molecule has 88 valence electrons. The first-order valence-electron chi connectivity index (χ1n) is 5.72. The van der Waals surface area contributed by atoms with E-state index in [1.165, 1.54) is 6.42 Å². The quantitative estimate of drug-likeness (QED) is 0.746. The van der Waals surface area contributed by atoms with Gasteiger partial charge >= 0.3 is 6.03 Å². The summed E-state index contributed by atoms with van der Waals surface area (Å²) in [5, 5.41) is 2.92. The molecule has 0 bridgehead atoms. The van der Waals surface area contributed by atoms with Crippen LogP contribution in [0.4, 0.5) is 4.79 Å². The van der Waals surface area contributed by atoms with Crippen molar-refractivity contribution in [3.05, 3.63) is 0 Å². The van der Waals surface area contributed by atoms with Crippen molar-refractivity contribution in [2.45, 2.75) is 38.8 Å². The van der Waals surface area contributed by atoms with Crippen LogP contribution >= 0.6 is 0 Å². The van der Waals surface area contributed by atoms with Gasteiger partial charge in [-0.15, -0.1) is 0 Å². The summed E-state index contributed by atoms with van der Waals surface area (Å²) in [6.07, 6.45) is 2.30. The topological polar surface area (TPSA) is 35.6 Å². The highest BCUT2D eigenvalue weighted by molar-refractivity contribution is 5.74. The number of amides is 2. The molecule has 1 aliphatic heterocycles. The highest BCUT2D eigenvalue weighted by Crippen LogP contribution is 2.13. The lowest BCUT2D eigenvalue weighted by molar-refractivity contribution is 0.139. The Kier molecular flexibility index (Phi) is 4.39. The van der Waals surface area contributed by atoms with E-state index in [1.54, 1.807) is 0 Å². The zero-order valence-electron chi connectivity index (χ0n) is 10.3. The van der Waals surface area contributed by atoms with Gasteiger partial charge in [-0.2, -0.15) is 0 Å². The van der Waals surface area contributed by atoms with Crippen molar-refractivity contribution in [3.63, 3.8) is 0 Å². The number of nitrogens with zero attached hydrogens (tertiary/aromatic N) is 2. The van der Waals surface area contributed by atoms with Crippen LogP contribution in [0.3, 0.4) is 0 Å². The Morgan fingerprint density at radius 2 is 2.20 bits per heavy atom. The van der Waals surface area contributed by atoms with E-state index in [-0.39, 0.29) is 12.1 Å². The zero-order valence-corrected chi connectivity index (χ0v) is 10.3. The first-order valence-corrected chi connectivity index (χ1v) is 5.72. The molecule has 4 nitrogen and oxygen atoms in total. The average Bonchev–Trinajstić information content (AvgIpc) is 2.15. The maximum Gasteiger partial charge on any atom is 0.317 e. The van der Waals surface area contributed by atoms with Gasteiger partial charge in [-0.05, 0) is 40.3 Å². The summed E-state index contributed by atoms with van der Waals surface area (Å²) < 4.78 is 0. The van der Waals surface area contributed by atoms with Gasteiger partial charge in [0.2, 0.25) is 0 Å². The fourth-order valence-electron chi connectivity index (χ4n) is 1.97. The SMILES string of the molecule is CC(C)NC(=O)N(C)C1CCCN(C)C1. The molecule has 15 heavy (non-hydrogen) atoms. The van der Waals surface area contributed by atoms with E-state index >= 15 is 0 Å². The van der Waals surface area contributed by atoms with Crippen molar-refractivity contribution in [2.24, 2.45) is 0 Å². The Hall–Kier alpha value is -0.770. The van der Waals surface area contributed by atoms with Crippen LogP contribution in [0, 0.1) is 0 Å². The highest BCUT2D eigenvalue weighted by Gasteiger charge is 2.24. The average molecular weight is 213 g/mol. The minimum absolute atomic E-state index is 0.0466. The summed E-state index contributed by atoms with van der Waals surface area (Å²) in [5.74, 6) is 0. The predicted octanol–water partition coefficient (Wildman–Crippen LogP) is 1.13. The normalized spacial score (nSPS) is 22.9. The van der Waals surface area contributed by atoms with E-state index in [9.17, 15) is 4.79 Å². The first-order chi connectivity index (χ1) is 7.00. The van der Waals surface area contributed by atoms with Gasteiger partial charge in [0.05, 0.1) is 0 Å². The van der Waals surface area contributed by atoms with Crippen molar-refractivity contribution in [2.75, 3.05) is 27.2 Å². The van der Waals surface area contributed by atoms with Gasteiger partial charge in [-0.25, -0.2) is 4.79 Å². The maximum absolute atomic E-state index is 11.8. The third-order valence-electron chi connectivity index (χ3n) is 2.88. The second-order valence-electron chi connectivity index (χ2n) is 4.77. The Labute approximate surface area is 92.6 Å². The van der Waals surface area contributed by atoms with Crippen LogP contribution in [0.2, 0.25) is 0 Å². The Morgan fingerprint density at radius 1 is 1.53 bits per heavy atom. The first kappa shape index (κ1) is 12.3. The molecule has 1 N–H and O–H groups in total. The molecule has 1 fully saturated rings. The summed E-state index contributed by atoms with van der Waals surface area (Å²) in [6.45, 7) is 6.11. The van der Waals surface area contributed by atoms with Crippen molar-refractivity contribution < 1.29 is 4.79 Å². The molecule has 0 radical (unpaired) electrons. The van der Waals surface area contributed by atoms with Gasteiger partial charge in [0, 0.05) is 25.7 Å². The van der Waals surface area contributed by atoms with Crippen LogP contribution in [-0.4, -0.2) is 55.1 Å². The molecule has 1 unspecified atom stereocenters. The molecule has 1 aliphatic rings. The predicted molar refractivity (Wildman–Crippen MR) is 61.9 cm³/mol. The molecule has 0 aromatic rings. The second kappa shape index (κ2) is 5.35. The van der Waals surface area contributed by atoms with Crippen LogP contribution in [-0.2, 0) is 0 Å². The summed E-state index contributed by atoms with van der Waals surface area (Å²) in [7, 11) is 4.00. The largest absolute Gasteiger partial charge is 0.336 e. The van der Waals surface area contributed by atoms with E-state index in [0.717, 1.165) is 19.5 Å². The summed E-state index contributed by atoms with van der Waals surface area (Å²) in [5.41, 5.74) is 0. The molecule has 1 saturated heterocycles. The monoisotopic (exact) mass is 213 g/mol. The molecule has 0 aromatic carbocycles. The molecule has 0 aromatic heterocycles. The van der Waals surface area contributed by atoms with Gasteiger partial charge in [0.1, 0.15) is 0 Å².